The minimum Gasteiger partial charge on any atom is -0.550 e. The average molecular weight is 488 g/mol. The molecule has 2 saturated heterocycles. The smallest absolute Gasteiger partial charge is 0.340 e. The van der Waals surface area contributed by atoms with Gasteiger partial charge in [-0.15, -0.1) is 0 Å². The zero-order chi connectivity index (χ0) is 23.3. The first-order valence-corrected chi connectivity index (χ1v) is 11.8. The SMILES string of the molecule is O=C([O-])CC1(C2C[N+]23CCOCC3)N=CC(C2(B(O)c3cccc(Cl)c3)C=C(Cl)C=CC2)=N1. The Labute approximate surface area is 202 Å². The summed E-state index contributed by atoms with van der Waals surface area (Å²) >= 11 is 12.6. The molecule has 1 aliphatic carbocycles. The Balaban J connectivity index is 1.57. The molecule has 3 heterocycles. The standard InChI is InChI=1S/C23H24BCl2N3O4/c25-17-4-1-3-16(11-17)24(32)22(6-2-5-18(26)12-22)19-14-27-23(28-19,13-21(30)31)20-15-29(20)7-9-33-10-8-29/h1-5,11-12,14,20,32H,6-10,13,15H2. The van der Waals surface area contributed by atoms with Gasteiger partial charge >= 0.3 is 6.92 Å². The molecule has 10 heteroatoms. The quantitative estimate of drug-likeness (QED) is 0.367. The molecule has 1 N–H and O–H groups in total. The number of quaternary nitrogens is 1. The summed E-state index contributed by atoms with van der Waals surface area (Å²) in [4.78, 5) is 21.4. The lowest BCUT2D eigenvalue weighted by atomic mass is 9.39. The predicted molar refractivity (Wildman–Crippen MR) is 127 cm³/mol. The Hall–Kier alpha value is -1.97. The molecule has 1 spiro atoms. The number of rotatable bonds is 6. The summed E-state index contributed by atoms with van der Waals surface area (Å²) in [6.45, 7) is 2.68. The number of aliphatic carboxylic acids is 1. The van der Waals surface area contributed by atoms with Gasteiger partial charge in [-0.3, -0.25) is 9.98 Å². The molecule has 0 bridgehead atoms. The van der Waals surface area contributed by atoms with E-state index in [1.807, 2.05) is 6.08 Å². The molecule has 33 heavy (non-hydrogen) atoms. The van der Waals surface area contributed by atoms with Gasteiger partial charge in [0.1, 0.15) is 19.6 Å². The lowest BCUT2D eigenvalue weighted by Gasteiger charge is -2.34. The number of carbonyl (C=O) groups is 1. The van der Waals surface area contributed by atoms with E-state index in [2.05, 4.69) is 0 Å². The molecule has 0 saturated carbocycles. The zero-order valence-electron chi connectivity index (χ0n) is 18.0. The number of hydrogen-bond donors (Lipinski definition) is 1. The van der Waals surface area contributed by atoms with Gasteiger partial charge in [0, 0.05) is 34.0 Å². The van der Waals surface area contributed by atoms with Crippen molar-refractivity contribution in [2.24, 2.45) is 9.98 Å². The van der Waals surface area contributed by atoms with Gasteiger partial charge in [-0.05, 0) is 30.1 Å². The largest absolute Gasteiger partial charge is 0.550 e. The third-order valence-electron chi connectivity index (χ3n) is 7.35. The number of morpholine rings is 1. The topological polar surface area (TPSA) is 94.3 Å². The highest BCUT2D eigenvalue weighted by Gasteiger charge is 2.67. The van der Waals surface area contributed by atoms with Crippen molar-refractivity contribution < 1.29 is 24.1 Å². The van der Waals surface area contributed by atoms with Crippen LogP contribution in [-0.2, 0) is 9.53 Å². The molecule has 0 amide bonds. The first kappa shape index (κ1) is 22.8. The minimum atomic E-state index is -1.20. The summed E-state index contributed by atoms with van der Waals surface area (Å²) in [5.41, 5.74) is -0.0271. The maximum Gasteiger partial charge on any atom is 0.340 e. The maximum atomic E-state index is 11.8. The van der Waals surface area contributed by atoms with Gasteiger partial charge in [-0.1, -0.05) is 47.5 Å². The zero-order valence-corrected chi connectivity index (χ0v) is 19.5. The van der Waals surface area contributed by atoms with Gasteiger partial charge in [-0.25, -0.2) is 0 Å². The highest BCUT2D eigenvalue weighted by Crippen LogP contribution is 2.49. The Kier molecular flexibility index (Phi) is 5.78. The number of ether oxygens (including phenoxy) is 1. The lowest BCUT2D eigenvalue weighted by Crippen LogP contribution is -2.49. The second-order valence-electron chi connectivity index (χ2n) is 9.29. The number of hydrogen-bond acceptors (Lipinski definition) is 6. The number of carboxylic acid groups (broad SMARTS) is 1. The third-order valence-corrected chi connectivity index (χ3v) is 7.82. The van der Waals surface area contributed by atoms with Crippen molar-refractivity contribution in [3.8, 4) is 0 Å². The third kappa shape index (κ3) is 3.98. The monoisotopic (exact) mass is 487 g/mol. The molecular formula is C23H24BCl2N3O4. The molecule has 3 unspecified atom stereocenters. The molecule has 1 aromatic carbocycles. The van der Waals surface area contributed by atoms with Crippen LogP contribution in [0.2, 0.25) is 10.3 Å². The molecule has 7 nitrogen and oxygen atoms in total. The maximum absolute atomic E-state index is 11.8. The number of carboxylic acids is 1. The van der Waals surface area contributed by atoms with E-state index in [0.717, 1.165) is 24.1 Å². The molecule has 172 valence electrons. The van der Waals surface area contributed by atoms with Crippen molar-refractivity contribution in [2.45, 2.75) is 29.9 Å². The van der Waals surface area contributed by atoms with E-state index in [4.69, 9.17) is 37.9 Å². The highest BCUT2D eigenvalue weighted by atomic mass is 35.5. The first-order chi connectivity index (χ1) is 15.8. The molecule has 1 aromatic rings. The first-order valence-electron chi connectivity index (χ1n) is 11.1. The molecule has 0 aromatic heterocycles. The summed E-state index contributed by atoms with van der Waals surface area (Å²) in [6, 6.07) is 6.97. The van der Waals surface area contributed by atoms with Crippen LogP contribution >= 0.6 is 23.2 Å². The Morgan fingerprint density at radius 3 is 2.82 bits per heavy atom. The Bertz CT molecular complexity index is 1100. The van der Waals surface area contributed by atoms with E-state index in [0.29, 0.717) is 40.9 Å². The fourth-order valence-electron chi connectivity index (χ4n) is 5.53. The summed E-state index contributed by atoms with van der Waals surface area (Å²) in [6.07, 6.45) is 7.19. The van der Waals surface area contributed by atoms with Crippen LogP contribution in [0.15, 0.2) is 57.5 Å². The highest BCUT2D eigenvalue weighted by molar-refractivity contribution is 6.77. The Morgan fingerprint density at radius 2 is 2.12 bits per heavy atom. The Morgan fingerprint density at radius 1 is 1.33 bits per heavy atom. The lowest BCUT2D eigenvalue weighted by molar-refractivity contribution is -0.826. The molecule has 3 aliphatic heterocycles. The van der Waals surface area contributed by atoms with Gasteiger partial charge in [0.25, 0.3) is 0 Å². The van der Waals surface area contributed by atoms with E-state index in [-0.39, 0.29) is 12.5 Å². The molecule has 5 rings (SSSR count). The van der Waals surface area contributed by atoms with E-state index in [1.165, 1.54) is 0 Å². The van der Waals surface area contributed by atoms with Gasteiger partial charge < -0.3 is 24.1 Å². The molecule has 2 fully saturated rings. The van der Waals surface area contributed by atoms with Crippen LogP contribution in [0.1, 0.15) is 12.8 Å². The molecule has 4 aliphatic rings. The van der Waals surface area contributed by atoms with Gasteiger partial charge in [0.05, 0.1) is 18.9 Å². The number of carbonyl (C=O) groups excluding carboxylic acids is 1. The molecule has 3 atom stereocenters. The van der Waals surface area contributed by atoms with E-state index >= 15 is 0 Å². The van der Waals surface area contributed by atoms with Crippen molar-refractivity contribution >= 4 is 53.5 Å². The van der Waals surface area contributed by atoms with Crippen molar-refractivity contribution in [1.82, 2.24) is 0 Å². The van der Waals surface area contributed by atoms with Crippen LogP contribution < -0.4 is 10.6 Å². The van der Waals surface area contributed by atoms with Crippen molar-refractivity contribution in [2.75, 3.05) is 32.8 Å². The summed E-state index contributed by atoms with van der Waals surface area (Å²) in [5.74, 6) is -1.20. The van der Waals surface area contributed by atoms with Gasteiger partial charge in [0.2, 0.25) is 5.66 Å². The van der Waals surface area contributed by atoms with Crippen LogP contribution in [0, 0.1) is 0 Å². The van der Waals surface area contributed by atoms with Crippen LogP contribution in [0.4, 0.5) is 0 Å². The van der Waals surface area contributed by atoms with Crippen molar-refractivity contribution in [1.29, 1.82) is 0 Å². The summed E-state index contributed by atoms with van der Waals surface area (Å²) in [5, 5.41) is 23.3. The summed E-state index contributed by atoms with van der Waals surface area (Å²) < 4.78 is 6.26. The van der Waals surface area contributed by atoms with Crippen LogP contribution in [0.3, 0.4) is 0 Å². The minimum absolute atomic E-state index is 0.0630. The fraction of sp³-hybridized carbons (Fsp3) is 0.435. The van der Waals surface area contributed by atoms with Gasteiger partial charge in [0.15, 0.2) is 6.04 Å². The van der Waals surface area contributed by atoms with E-state index in [1.54, 1.807) is 42.6 Å². The van der Waals surface area contributed by atoms with Crippen LogP contribution in [0.25, 0.3) is 0 Å². The van der Waals surface area contributed by atoms with Gasteiger partial charge in [-0.2, -0.15) is 0 Å². The number of aliphatic imine (C=N–C) groups is 2. The second kappa shape index (κ2) is 8.36. The van der Waals surface area contributed by atoms with Crippen molar-refractivity contribution in [3.05, 3.63) is 52.5 Å². The van der Waals surface area contributed by atoms with Crippen LogP contribution in [-0.4, -0.2) is 78.9 Å². The number of benzene rings is 1. The molecule has 0 radical (unpaired) electrons. The normalized spacial score (nSPS) is 31.9. The van der Waals surface area contributed by atoms with E-state index in [9.17, 15) is 14.9 Å². The molecular weight excluding hydrogens is 464 g/mol. The summed E-state index contributed by atoms with van der Waals surface area (Å²) in [7, 11) is 0. The second-order valence-corrected chi connectivity index (χ2v) is 10.2. The van der Waals surface area contributed by atoms with Crippen LogP contribution in [0.5, 0.6) is 0 Å². The predicted octanol–water partition coefficient (Wildman–Crippen LogP) is 0.945. The number of nitrogens with zero attached hydrogens (tertiary/aromatic N) is 3. The van der Waals surface area contributed by atoms with Crippen molar-refractivity contribution in [3.63, 3.8) is 0 Å². The average Bonchev–Trinajstić information content (AvgIpc) is 3.31. The number of halogens is 2. The van der Waals surface area contributed by atoms with E-state index < -0.39 is 23.9 Å². The number of allylic oxidation sites excluding steroid dienone is 4. The fourth-order valence-corrected chi connectivity index (χ4v) is 6.01.